The van der Waals surface area contributed by atoms with Crippen LogP contribution in [0.25, 0.3) is 0 Å². The number of carbonyl (C=O) groups is 1. The van der Waals surface area contributed by atoms with Crippen molar-refractivity contribution in [3.8, 4) is 11.5 Å². The van der Waals surface area contributed by atoms with Gasteiger partial charge in [0.15, 0.2) is 11.6 Å². The van der Waals surface area contributed by atoms with E-state index < -0.39 is 11.9 Å². The summed E-state index contributed by atoms with van der Waals surface area (Å²) in [4.78, 5) is 19.5. The van der Waals surface area contributed by atoms with Crippen LogP contribution in [0.4, 0.5) is 32.3 Å². The van der Waals surface area contributed by atoms with Crippen LogP contribution in [0, 0.1) is 12.7 Å². The molecule has 30 heavy (non-hydrogen) atoms. The monoisotopic (exact) mass is 431 g/mol. The molecule has 1 amide bonds. The second kappa shape index (κ2) is 9.27. The lowest BCUT2D eigenvalue weighted by Crippen LogP contribution is -2.22. The Hall–Kier alpha value is -3.59. The molecule has 0 fully saturated rings. The number of aryl methyl sites for hydroxylation is 1. The maximum atomic E-state index is 14.2. The van der Waals surface area contributed by atoms with Crippen LogP contribution in [-0.4, -0.2) is 30.2 Å². The van der Waals surface area contributed by atoms with Gasteiger partial charge in [-0.1, -0.05) is 17.7 Å². The van der Waals surface area contributed by atoms with E-state index in [9.17, 15) is 9.18 Å². The SMILES string of the molecule is CNC(=O)Oc1cccc(Nc2ncc(F)c(Nc3cc(C)c(OC)c(Cl)c3)n2)c1. The summed E-state index contributed by atoms with van der Waals surface area (Å²) in [5.41, 5.74) is 1.88. The fraction of sp³-hybridized carbons (Fsp3) is 0.150. The predicted octanol–water partition coefficient (Wildman–Crippen LogP) is 4.79. The van der Waals surface area contributed by atoms with E-state index in [-0.39, 0.29) is 11.8 Å². The van der Waals surface area contributed by atoms with E-state index in [4.69, 9.17) is 21.1 Å². The second-order valence-electron chi connectivity index (χ2n) is 6.12. The van der Waals surface area contributed by atoms with Crippen molar-refractivity contribution in [3.63, 3.8) is 0 Å². The first-order valence-corrected chi connectivity index (χ1v) is 9.17. The molecule has 10 heteroatoms. The van der Waals surface area contributed by atoms with Gasteiger partial charge in [0.25, 0.3) is 0 Å². The lowest BCUT2D eigenvalue weighted by Gasteiger charge is -2.13. The van der Waals surface area contributed by atoms with Crippen LogP contribution in [0.15, 0.2) is 42.6 Å². The molecule has 3 aromatic rings. The van der Waals surface area contributed by atoms with Crippen LogP contribution in [0.3, 0.4) is 0 Å². The number of ether oxygens (including phenoxy) is 2. The van der Waals surface area contributed by atoms with Crippen molar-refractivity contribution < 1.29 is 18.7 Å². The third-order valence-corrected chi connectivity index (χ3v) is 4.23. The molecule has 0 saturated heterocycles. The summed E-state index contributed by atoms with van der Waals surface area (Å²) >= 11 is 6.20. The molecule has 0 unspecified atom stereocenters. The van der Waals surface area contributed by atoms with Gasteiger partial charge < -0.3 is 25.4 Å². The first kappa shape index (κ1) is 21.1. The van der Waals surface area contributed by atoms with Crippen LogP contribution >= 0.6 is 11.6 Å². The molecule has 3 N–H and O–H groups in total. The number of benzene rings is 2. The Kier molecular flexibility index (Phi) is 6.53. The molecular weight excluding hydrogens is 413 g/mol. The van der Waals surface area contributed by atoms with Gasteiger partial charge >= 0.3 is 6.09 Å². The molecule has 0 spiro atoms. The summed E-state index contributed by atoms with van der Waals surface area (Å²) in [6.45, 7) is 1.83. The van der Waals surface area contributed by atoms with Crippen molar-refractivity contribution in [2.75, 3.05) is 24.8 Å². The molecule has 0 radical (unpaired) electrons. The van der Waals surface area contributed by atoms with Crippen molar-refractivity contribution in [1.29, 1.82) is 0 Å². The van der Waals surface area contributed by atoms with E-state index in [0.717, 1.165) is 11.8 Å². The second-order valence-corrected chi connectivity index (χ2v) is 6.52. The summed E-state index contributed by atoms with van der Waals surface area (Å²) in [7, 11) is 2.99. The summed E-state index contributed by atoms with van der Waals surface area (Å²) in [5, 5.41) is 8.59. The van der Waals surface area contributed by atoms with E-state index in [1.165, 1.54) is 14.2 Å². The average Bonchev–Trinajstić information content (AvgIpc) is 2.70. The standard InChI is InChI=1S/C20H19ClFN5O3/c1-11-7-13(9-15(21)17(11)29-3)25-18-16(22)10-24-19(27-18)26-12-5-4-6-14(8-12)30-20(28)23-2/h4-10H,1-3H3,(H,23,28)(H2,24,25,26,27). The molecular formula is C20H19ClFN5O3. The number of halogens is 2. The minimum absolute atomic E-state index is 0.0362. The zero-order valence-corrected chi connectivity index (χ0v) is 17.2. The Morgan fingerprint density at radius 3 is 2.67 bits per heavy atom. The third kappa shape index (κ3) is 5.06. The predicted molar refractivity (Wildman–Crippen MR) is 113 cm³/mol. The quantitative estimate of drug-likeness (QED) is 0.516. The zero-order chi connectivity index (χ0) is 21.7. The molecule has 156 valence electrons. The topological polar surface area (TPSA) is 97.4 Å². The molecule has 0 aliphatic carbocycles. The number of hydrogen-bond acceptors (Lipinski definition) is 7. The van der Waals surface area contributed by atoms with E-state index in [1.807, 2.05) is 6.92 Å². The van der Waals surface area contributed by atoms with Crippen molar-refractivity contribution >= 4 is 40.8 Å². The molecule has 1 aromatic heterocycles. The maximum absolute atomic E-state index is 14.2. The number of aromatic nitrogens is 2. The smallest absolute Gasteiger partial charge is 0.412 e. The van der Waals surface area contributed by atoms with Gasteiger partial charge in [-0.3, -0.25) is 0 Å². The van der Waals surface area contributed by atoms with E-state index in [1.54, 1.807) is 36.4 Å². The molecule has 0 saturated carbocycles. The molecule has 1 heterocycles. The van der Waals surface area contributed by atoms with Crippen molar-refractivity contribution in [1.82, 2.24) is 15.3 Å². The highest BCUT2D eigenvalue weighted by atomic mass is 35.5. The van der Waals surface area contributed by atoms with Crippen molar-refractivity contribution in [3.05, 3.63) is 59.0 Å². The van der Waals surface area contributed by atoms with Crippen LogP contribution in [0.2, 0.25) is 5.02 Å². The first-order chi connectivity index (χ1) is 14.4. The van der Waals surface area contributed by atoms with Crippen LogP contribution in [-0.2, 0) is 0 Å². The lowest BCUT2D eigenvalue weighted by atomic mass is 10.2. The highest BCUT2D eigenvalue weighted by molar-refractivity contribution is 6.32. The number of rotatable bonds is 6. The zero-order valence-electron chi connectivity index (χ0n) is 16.4. The Morgan fingerprint density at radius 2 is 1.97 bits per heavy atom. The molecule has 0 aliphatic rings. The minimum atomic E-state index is -0.637. The van der Waals surface area contributed by atoms with Gasteiger partial charge in [-0.15, -0.1) is 0 Å². The van der Waals surface area contributed by atoms with Crippen molar-refractivity contribution in [2.24, 2.45) is 0 Å². The number of nitrogens with one attached hydrogen (secondary N) is 3. The van der Waals surface area contributed by atoms with Crippen LogP contribution in [0.1, 0.15) is 5.56 Å². The number of anilines is 4. The van der Waals surface area contributed by atoms with Gasteiger partial charge in [0, 0.05) is 24.5 Å². The van der Waals surface area contributed by atoms with Crippen LogP contribution in [0.5, 0.6) is 11.5 Å². The summed E-state index contributed by atoms with van der Waals surface area (Å²) in [6.07, 6.45) is 0.450. The van der Waals surface area contributed by atoms with E-state index in [2.05, 4.69) is 25.9 Å². The Labute approximate surface area is 177 Å². The Balaban J connectivity index is 1.81. The summed E-state index contributed by atoms with van der Waals surface area (Å²) in [5.74, 6) is 0.342. The molecule has 8 nitrogen and oxygen atoms in total. The molecule has 2 aromatic carbocycles. The van der Waals surface area contributed by atoms with Gasteiger partial charge in [0.2, 0.25) is 5.95 Å². The third-order valence-electron chi connectivity index (χ3n) is 3.95. The molecule has 0 atom stereocenters. The fourth-order valence-electron chi connectivity index (χ4n) is 2.64. The van der Waals surface area contributed by atoms with E-state index >= 15 is 0 Å². The summed E-state index contributed by atoms with van der Waals surface area (Å²) < 4.78 is 24.6. The Bertz CT molecular complexity index is 1060. The van der Waals surface area contributed by atoms with Gasteiger partial charge in [-0.25, -0.2) is 14.2 Å². The van der Waals surface area contributed by atoms with E-state index in [0.29, 0.717) is 27.9 Å². The molecule has 0 bridgehead atoms. The molecule has 0 aliphatic heterocycles. The largest absolute Gasteiger partial charge is 0.495 e. The number of carbonyl (C=O) groups excluding carboxylic acids is 1. The number of amides is 1. The van der Waals surface area contributed by atoms with Crippen molar-refractivity contribution in [2.45, 2.75) is 6.92 Å². The summed E-state index contributed by atoms with van der Waals surface area (Å²) in [6, 6.07) is 9.99. The number of methoxy groups -OCH3 is 1. The van der Waals surface area contributed by atoms with Gasteiger partial charge in [0.1, 0.15) is 11.5 Å². The highest BCUT2D eigenvalue weighted by Gasteiger charge is 2.12. The number of hydrogen-bond donors (Lipinski definition) is 3. The van der Waals surface area contributed by atoms with Gasteiger partial charge in [-0.2, -0.15) is 4.98 Å². The number of nitrogens with zero attached hydrogens (tertiary/aromatic N) is 2. The highest BCUT2D eigenvalue weighted by Crippen LogP contribution is 2.33. The first-order valence-electron chi connectivity index (χ1n) is 8.80. The minimum Gasteiger partial charge on any atom is -0.495 e. The van der Waals surface area contributed by atoms with Gasteiger partial charge in [0.05, 0.1) is 18.3 Å². The Morgan fingerprint density at radius 1 is 1.17 bits per heavy atom. The molecule has 3 rings (SSSR count). The lowest BCUT2D eigenvalue weighted by molar-refractivity contribution is 0.203. The maximum Gasteiger partial charge on any atom is 0.412 e. The van der Waals surface area contributed by atoms with Gasteiger partial charge in [-0.05, 0) is 36.8 Å². The van der Waals surface area contributed by atoms with Crippen LogP contribution < -0.4 is 25.4 Å². The normalized spacial score (nSPS) is 10.3. The average molecular weight is 432 g/mol. The fourth-order valence-corrected chi connectivity index (χ4v) is 2.98.